The molecule has 1 aromatic rings. The van der Waals surface area contributed by atoms with Gasteiger partial charge in [-0.25, -0.2) is 0 Å². The number of hydrogen-bond donors (Lipinski definition) is 1. The van der Waals surface area contributed by atoms with Crippen molar-refractivity contribution in [1.29, 1.82) is 0 Å². The Morgan fingerprint density at radius 3 is 2.78 bits per heavy atom. The maximum Gasteiger partial charge on any atom is 0.138 e. The standard InChI is InChI=1S/C12H14ClNOS3/c1-18(15)9-3-2-8-14-12(16)17-11-6-4-10(13)5-7-11/h3-7,9H,2,8H2,1H3,(H,14,16)/b9-3+. The van der Waals surface area contributed by atoms with E-state index in [-0.39, 0.29) is 0 Å². The van der Waals surface area contributed by atoms with Crippen LogP contribution in [0, 0.1) is 0 Å². The molecule has 0 aliphatic heterocycles. The second-order valence-corrected chi connectivity index (χ2v) is 6.89. The fraction of sp³-hybridized carbons (Fsp3) is 0.250. The molecule has 0 radical (unpaired) electrons. The van der Waals surface area contributed by atoms with Gasteiger partial charge in [0.1, 0.15) is 4.32 Å². The van der Waals surface area contributed by atoms with Gasteiger partial charge in [-0.3, -0.25) is 4.21 Å². The SMILES string of the molecule is CS(=O)/C=C/CCNC(=S)Sc1ccc(Cl)cc1. The first-order valence-corrected chi connectivity index (χ1v) is 8.50. The minimum Gasteiger partial charge on any atom is -0.370 e. The van der Waals surface area contributed by atoms with Gasteiger partial charge in [-0.2, -0.15) is 0 Å². The van der Waals surface area contributed by atoms with Crippen molar-refractivity contribution in [1.82, 2.24) is 5.32 Å². The predicted molar refractivity (Wildman–Crippen MR) is 85.7 cm³/mol. The Hall–Kier alpha value is -0.360. The summed E-state index contributed by atoms with van der Waals surface area (Å²) < 4.78 is 11.5. The molecule has 1 aromatic carbocycles. The van der Waals surface area contributed by atoms with E-state index in [0.717, 1.165) is 27.2 Å². The first-order chi connectivity index (χ1) is 8.58. The minimum atomic E-state index is -0.872. The zero-order chi connectivity index (χ0) is 13.4. The molecule has 0 aliphatic carbocycles. The molecule has 0 aromatic heterocycles. The summed E-state index contributed by atoms with van der Waals surface area (Å²) in [7, 11) is -0.872. The van der Waals surface area contributed by atoms with Crippen molar-refractivity contribution in [3.8, 4) is 0 Å². The van der Waals surface area contributed by atoms with Crippen molar-refractivity contribution in [2.24, 2.45) is 0 Å². The summed E-state index contributed by atoms with van der Waals surface area (Å²) in [6.45, 7) is 0.743. The fourth-order valence-corrected chi connectivity index (χ4v) is 2.69. The van der Waals surface area contributed by atoms with Crippen molar-refractivity contribution in [3.05, 3.63) is 40.8 Å². The van der Waals surface area contributed by atoms with Gasteiger partial charge in [-0.05, 0) is 36.1 Å². The quantitative estimate of drug-likeness (QED) is 0.510. The molecule has 0 aliphatic rings. The lowest BCUT2D eigenvalue weighted by Gasteiger charge is -2.05. The molecule has 0 amide bonds. The van der Waals surface area contributed by atoms with E-state index in [2.05, 4.69) is 5.32 Å². The highest BCUT2D eigenvalue weighted by atomic mass is 35.5. The number of rotatable bonds is 5. The summed E-state index contributed by atoms with van der Waals surface area (Å²) in [5.41, 5.74) is 0. The molecular formula is C12H14ClNOS3. The average Bonchev–Trinajstić information content (AvgIpc) is 2.31. The van der Waals surface area contributed by atoms with Gasteiger partial charge < -0.3 is 5.32 Å². The summed E-state index contributed by atoms with van der Waals surface area (Å²) in [4.78, 5) is 1.06. The molecular weight excluding hydrogens is 306 g/mol. The Morgan fingerprint density at radius 2 is 2.17 bits per heavy atom. The third kappa shape index (κ3) is 7.16. The average molecular weight is 320 g/mol. The minimum absolute atomic E-state index is 0.718. The van der Waals surface area contributed by atoms with E-state index in [9.17, 15) is 4.21 Å². The van der Waals surface area contributed by atoms with E-state index in [4.69, 9.17) is 23.8 Å². The molecule has 0 spiro atoms. The summed E-state index contributed by atoms with van der Waals surface area (Å²) in [5.74, 6) is 0. The van der Waals surface area contributed by atoms with E-state index in [1.807, 2.05) is 30.3 Å². The maximum absolute atomic E-state index is 10.8. The second-order valence-electron chi connectivity index (χ2n) is 3.43. The Bertz CT molecular complexity index is 445. The van der Waals surface area contributed by atoms with Crippen LogP contribution >= 0.6 is 35.6 Å². The van der Waals surface area contributed by atoms with Gasteiger partial charge in [0.15, 0.2) is 0 Å². The summed E-state index contributed by atoms with van der Waals surface area (Å²) in [5, 5.41) is 5.53. The van der Waals surface area contributed by atoms with Crippen LogP contribution in [0.15, 0.2) is 40.6 Å². The fourth-order valence-electron chi connectivity index (χ4n) is 1.11. The molecule has 1 N–H and O–H groups in total. The Balaban J connectivity index is 2.25. The van der Waals surface area contributed by atoms with Gasteiger partial charge in [0.05, 0.1) is 0 Å². The van der Waals surface area contributed by atoms with Gasteiger partial charge in [0, 0.05) is 33.5 Å². The normalized spacial score (nSPS) is 12.6. The van der Waals surface area contributed by atoms with Crippen LogP contribution in [0.5, 0.6) is 0 Å². The number of benzene rings is 1. The van der Waals surface area contributed by atoms with Crippen molar-refractivity contribution in [2.75, 3.05) is 12.8 Å². The van der Waals surface area contributed by atoms with Gasteiger partial charge >= 0.3 is 0 Å². The van der Waals surface area contributed by atoms with Gasteiger partial charge in [0.2, 0.25) is 0 Å². The zero-order valence-electron chi connectivity index (χ0n) is 9.89. The summed E-state index contributed by atoms with van der Waals surface area (Å²) in [6.07, 6.45) is 4.34. The number of halogens is 1. The van der Waals surface area contributed by atoms with Crippen LogP contribution in [-0.2, 0) is 10.8 Å². The van der Waals surface area contributed by atoms with E-state index >= 15 is 0 Å². The lowest BCUT2D eigenvalue weighted by atomic mass is 10.4. The van der Waals surface area contributed by atoms with Gasteiger partial charge in [-0.15, -0.1) is 0 Å². The zero-order valence-corrected chi connectivity index (χ0v) is 13.1. The highest BCUT2D eigenvalue weighted by Crippen LogP contribution is 2.20. The van der Waals surface area contributed by atoms with Crippen LogP contribution < -0.4 is 5.32 Å². The molecule has 1 rings (SSSR count). The molecule has 6 heteroatoms. The molecule has 0 bridgehead atoms. The lowest BCUT2D eigenvalue weighted by molar-refractivity contribution is 0.691. The first kappa shape index (κ1) is 15.7. The molecule has 98 valence electrons. The van der Waals surface area contributed by atoms with Crippen LogP contribution in [0.25, 0.3) is 0 Å². The van der Waals surface area contributed by atoms with E-state index in [1.165, 1.54) is 11.8 Å². The number of thioether (sulfide) groups is 1. The topological polar surface area (TPSA) is 29.1 Å². The number of thiocarbonyl (C=S) groups is 1. The van der Waals surface area contributed by atoms with E-state index < -0.39 is 10.8 Å². The van der Waals surface area contributed by atoms with Crippen LogP contribution in [0.2, 0.25) is 5.02 Å². The largest absolute Gasteiger partial charge is 0.370 e. The third-order valence-corrected chi connectivity index (χ3v) is 3.95. The van der Waals surface area contributed by atoms with E-state index in [1.54, 1.807) is 11.7 Å². The highest BCUT2D eigenvalue weighted by molar-refractivity contribution is 8.23. The van der Waals surface area contributed by atoms with Crippen molar-refractivity contribution in [2.45, 2.75) is 11.3 Å². The molecule has 2 nitrogen and oxygen atoms in total. The molecule has 1 unspecified atom stereocenters. The predicted octanol–water partition coefficient (Wildman–Crippen LogP) is 3.59. The molecule has 1 atom stereocenters. The van der Waals surface area contributed by atoms with Gasteiger partial charge in [-0.1, -0.05) is 41.7 Å². The Morgan fingerprint density at radius 1 is 1.50 bits per heavy atom. The Kier molecular flexibility index (Phi) is 7.58. The van der Waals surface area contributed by atoms with Crippen LogP contribution in [-0.4, -0.2) is 21.3 Å². The molecule has 0 saturated carbocycles. The Labute approximate surface area is 125 Å². The molecule has 0 saturated heterocycles. The smallest absolute Gasteiger partial charge is 0.138 e. The maximum atomic E-state index is 10.8. The highest BCUT2D eigenvalue weighted by Gasteiger charge is 1.99. The number of nitrogens with one attached hydrogen (secondary N) is 1. The van der Waals surface area contributed by atoms with Crippen LogP contribution in [0.3, 0.4) is 0 Å². The van der Waals surface area contributed by atoms with Crippen molar-refractivity contribution < 1.29 is 4.21 Å². The van der Waals surface area contributed by atoms with Crippen molar-refractivity contribution >= 4 is 50.7 Å². The monoisotopic (exact) mass is 319 g/mol. The van der Waals surface area contributed by atoms with Crippen LogP contribution in [0.4, 0.5) is 0 Å². The number of hydrogen-bond acceptors (Lipinski definition) is 3. The van der Waals surface area contributed by atoms with E-state index in [0.29, 0.717) is 0 Å². The third-order valence-electron chi connectivity index (χ3n) is 1.89. The van der Waals surface area contributed by atoms with Crippen molar-refractivity contribution in [3.63, 3.8) is 0 Å². The molecule has 18 heavy (non-hydrogen) atoms. The lowest BCUT2D eigenvalue weighted by Crippen LogP contribution is -2.18. The first-order valence-electron chi connectivity index (χ1n) is 5.28. The summed E-state index contributed by atoms with van der Waals surface area (Å²) >= 11 is 12.5. The molecule has 0 fully saturated rings. The second kappa shape index (κ2) is 8.69. The molecule has 0 heterocycles. The van der Waals surface area contributed by atoms with Crippen LogP contribution in [0.1, 0.15) is 6.42 Å². The summed E-state index contributed by atoms with van der Waals surface area (Å²) in [6, 6.07) is 7.54. The van der Waals surface area contributed by atoms with Gasteiger partial charge in [0.25, 0.3) is 0 Å².